The van der Waals surface area contributed by atoms with E-state index in [0.717, 1.165) is 21.3 Å². The average molecular weight is 371 g/mol. The first kappa shape index (κ1) is 13.8. The van der Waals surface area contributed by atoms with Crippen molar-refractivity contribution >= 4 is 34.2 Å². The number of rotatable bonds is 3. The van der Waals surface area contributed by atoms with Crippen LogP contribution in [0.15, 0.2) is 42.5 Å². The molecular formula is C14H11FINO2. The van der Waals surface area contributed by atoms with Gasteiger partial charge in [-0.3, -0.25) is 0 Å². The number of benzene rings is 2. The molecule has 0 heterocycles. The Hall–Kier alpha value is -1.63. The summed E-state index contributed by atoms with van der Waals surface area (Å²) in [4.78, 5) is 11.7. The zero-order valence-corrected chi connectivity index (χ0v) is 12.1. The Labute approximate surface area is 123 Å². The molecule has 2 N–H and O–H groups in total. The minimum atomic E-state index is -0.593. The molecule has 0 aliphatic heterocycles. The third kappa shape index (κ3) is 3.92. The molecule has 0 amide bonds. The van der Waals surface area contributed by atoms with E-state index in [-0.39, 0.29) is 17.9 Å². The van der Waals surface area contributed by atoms with Gasteiger partial charge in [0.25, 0.3) is 0 Å². The van der Waals surface area contributed by atoms with Crippen LogP contribution in [0.3, 0.4) is 0 Å². The fraction of sp³-hybridized carbons (Fsp3) is 0.0714. The van der Waals surface area contributed by atoms with Crippen molar-refractivity contribution in [3.63, 3.8) is 0 Å². The van der Waals surface area contributed by atoms with Crippen molar-refractivity contribution in [2.24, 2.45) is 0 Å². The molecule has 0 spiro atoms. The van der Waals surface area contributed by atoms with Crippen molar-refractivity contribution in [1.82, 2.24) is 0 Å². The van der Waals surface area contributed by atoms with Gasteiger partial charge in [-0.15, -0.1) is 0 Å². The van der Waals surface area contributed by atoms with Crippen LogP contribution in [0, 0.1) is 9.39 Å². The topological polar surface area (TPSA) is 52.3 Å². The number of halogens is 2. The number of hydrogen-bond donors (Lipinski definition) is 1. The van der Waals surface area contributed by atoms with Gasteiger partial charge in [-0.1, -0.05) is 12.1 Å². The Bertz CT molecular complexity index is 579. The predicted molar refractivity (Wildman–Crippen MR) is 79.1 cm³/mol. The van der Waals surface area contributed by atoms with Gasteiger partial charge in [0.05, 0.1) is 5.56 Å². The summed E-state index contributed by atoms with van der Waals surface area (Å²) in [5.74, 6) is -1.15. The van der Waals surface area contributed by atoms with E-state index in [4.69, 9.17) is 10.5 Å². The maximum atomic E-state index is 13.1. The molecule has 0 aliphatic carbocycles. The summed E-state index contributed by atoms with van der Waals surface area (Å²) in [7, 11) is 0. The number of carbonyl (C=O) groups excluding carboxylic acids is 1. The molecule has 2 aromatic carbocycles. The standard InChI is InChI=1S/C14H11FINO2/c15-11-5-10(6-13(17)7-11)14(18)19-8-9-1-3-12(16)4-2-9/h1-7H,8,17H2. The minimum Gasteiger partial charge on any atom is -0.457 e. The Balaban J connectivity index is 2.03. The van der Waals surface area contributed by atoms with Crippen LogP contribution in [0.1, 0.15) is 15.9 Å². The highest BCUT2D eigenvalue weighted by Gasteiger charge is 2.09. The molecule has 0 saturated carbocycles. The number of ether oxygens (including phenoxy) is 1. The van der Waals surface area contributed by atoms with Gasteiger partial charge in [0.2, 0.25) is 0 Å². The van der Waals surface area contributed by atoms with Gasteiger partial charge in [-0.25, -0.2) is 9.18 Å². The molecule has 5 heteroatoms. The van der Waals surface area contributed by atoms with Crippen molar-refractivity contribution in [2.45, 2.75) is 6.61 Å². The average Bonchev–Trinajstić information content (AvgIpc) is 2.36. The zero-order valence-electron chi connectivity index (χ0n) is 9.90. The Kier molecular flexibility index (Phi) is 4.36. The number of carbonyl (C=O) groups is 1. The van der Waals surface area contributed by atoms with Crippen LogP contribution in [0.25, 0.3) is 0 Å². The molecule has 19 heavy (non-hydrogen) atoms. The molecule has 0 radical (unpaired) electrons. The second kappa shape index (κ2) is 6.01. The number of anilines is 1. The zero-order chi connectivity index (χ0) is 13.8. The predicted octanol–water partition coefficient (Wildman–Crippen LogP) is 3.37. The van der Waals surface area contributed by atoms with Crippen LogP contribution < -0.4 is 5.73 Å². The number of nitrogens with two attached hydrogens (primary N) is 1. The van der Waals surface area contributed by atoms with E-state index in [1.165, 1.54) is 6.07 Å². The van der Waals surface area contributed by atoms with Crippen LogP contribution in [0.4, 0.5) is 10.1 Å². The van der Waals surface area contributed by atoms with Crippen LogP contribution in [0.2, 0.25) is 0 Å². The van der Waals surface area contributed by atoms with Gasteiger partial charge in [0.1, 0.15) is 12.4 Å². The Morgan fingerprint density at radius 1 is 1.21 bits per heavy atom. The molecule has 3 nitrogen and oxygen atoms in total. The number of nitrogen functional groups attached to an aromatic ring is 1. The fourth-order valence-electron chi connectivity index (χ4n) is 1.54. The summed E-state index contributed by atoms with van der Waals surface area (Å²) in [5, 5.41) is 0. The third-order valence-corrected chi connectivity index (χ3v) is 3.16. The monoisotopic (exact) mass is 371 g/mol. The van der Waals surface area contributed by atoms with Crippen molar-refractivity contribution in [2.75, 3.05) is 5.73 Å². The molecule has 0 unspecified atom stereocenters. The van der Waals surface area contributed by atoms with Crippen molar-refractivity contribution < 1.29 is 13.9 Å². The van der Waals surface area contributed by atoms with Crippen LogP contribution >= 0.6 is 22.6 Å². The highest BCUT2D eigenvalue weighted by molar-refractivity contribution is 14.1. The maximum absolute atomic E-state index is 13.1. The van der Waals surface area contributed by atoms with Crippen LogP contribution in [-0.4, -0.2) is 5.97 Å². The van der Waals surface area contributed by atoms with E-state index in [1.54, 1.807) is 0 Å². The van der Waals surface area contributed by atoms with Crippen LogP contribution in [0.5, 0.6) is 0 Å². The molecular weight excluding hydrogens is 360 g/mol. The normalized spacial score (nSPS) is 10.2. The largest absolute Gasteiger partial charge is 0.457 e. The summed E-state index contributed by atoms with van der Waals surface area (Å²) >= 11 is 2.19. The molecule has 0 aliphatic rings. The lowest BCUT2D eigenvalue weighted by molar-refractivity contribution is 0.0472. The molecule has 2 rings (SSSR count). The molecule has 0 fully saturated rings. The van der Waals surface area contributed by atoms with Gasteiger partial charge in [0, 0.05) is 9.26 Å². The molecule has 2 aromatic rings. The summed E-state index contributed by atoms with van der Waals surface area (Å²) in [6, 6.07) is 11.2. The number of esters is 1. The SMILES string of the molecule is Nc1cc(F)cc(C(=O)OCc2ccc(I)cc2)c1. The van der Waals surface area contributed by atoms with E-state index in [1.807, 2.05) is 24.3 Å². The molecule has 0 atom stereocenters. The van der Waals surface area contributed by atoms with Gasteiger partial charge in [0.15, 0.2) is 0 Å². The first-order valence-corrected chi connectivity index (χ1v) is 6.60. The first-order chi connectivity index (χ1) is 9.04. The van der Waals surface area contributed by atoms with E-state index >= 15 is 0 Å². The highest BCUT2D eigenvalue weighted by Crippen LogP contribution is 2.13. The van der Waals surface area contributed by atoms with Gasteiger partial charge < -0.3 is 10.5 Å². The summed E-state index contributed by atoms with van der Waals surface area (Å²) in [6.07, 6.45) is 0. The summed E-state index contributed by atoms with van der Waals surface area (Å²) in [6.45, 7) is 0.145. The molecule has 0 aromatic heterocycles. The lowest BCUT2D eigenvalue weighted by Crippen LogP contribution is -2.06. The maximum Gasteiger partial charge on any atom is 0.338 e. The van der Waals surface area contributed by atoms with Crippen molar-refractivity contribution in [3.05, 3.63) is 63.0 Å². The highest BCUT2D eigenvalue weighted by atomic mass is 127. The van der Waals surface area contributed by atoms with Gasteiger partial charge >= 0.3 is 5.97 Å². The van der Waals surface area contributed by atoms with E-state index in [2.05, 4.69) is 22.6 Å². The quantitative estimate of drug-likeness (QED) is 0.512. The van der Waals surface area contributed by atoms with Crippen molar-refractivity contribution in [1.29, 1.82) is 0 Å². The van der Waals surface area contributed by atoms with E-state index in [0.29, 0.717) is 0 Å². The number of hydrogen-bond acceptors (Lipinski definition) is 3. The Morgan fingerprint density at radius 2 is 1.89 bits per heavy atom. The van der Waals surface area contributed by atoms with Crippen LogP contribution in [-0.2, 0) is 11.3 Å². The summed E-state index contributed by atoms with van der Waals surface area (Å²) < 4.78 is 19.3. The van der Waals surface area contributed by atoms with Crippen molar-refractivity contribution in [3.8, 4) is 0 Å². The minimum absolute atomic E-state index is 0.114. The fourth-order valence-corrected chi connectivity index (χ4v) is 1.90. The third-order valence-electron chi connectivity index (χ3n) is 2.44. The van der Waals surface area contributed by atoms with Gasteiger partial charge in [-0.2, -0.15) is 0 Å². The first-order valence-electron chi connectivity index (χ1n) is 5.52. The van der Waals surface area contributed by atoms with E-state index in [9.17, 15) is 9.18 Å². The second-order valence-electron chi connectivity index (χ2n) is 3.98. The Morgan fingerprint density at radius 3 is 2.53 bits per heavy atom. The lowest BCUT2D eigenvalue weighted by atomic mass is 10.2. The lowest BCUT2D eigenvalue weighted by Gasteiger charge is -2.06. The second-order valence-corrected chi connectivity index (χ2v) is 5.22. The smallest absolute Gasteiger partial charge is 0.338 e. The molecule has 0 bridgehead atoms. The van der Waals surface area contributed by atoms with E-state index < -0.39 is 11.8 Å². The molecule has 0 saturated heterocycles. The summed E-state index contributed by atoms with van der Waals surface area (Å²) in [5.41, 5.74) is 6.66. The molecule has 98 valence electrons. The van der Waals surface area contributed by atoms with Gasteiger partial charge in [-0.05, 0) is 58.5 Å².